The van der Waals surface area contributed by atoms with Crippen molar-refractivity contribution in [2.45, 2.75) is 13.0 Å². The molecule has 3 N–H and O–H groups in total. The Morgan fingerprint density at radius 1 is 1.45 bits per heavy atom. The molecule has 0 bridgehead atoms. The van der Waals surface area contributed by atoms with Crippen LogP contribution in [0.2, 0.25) is 5.02 Å². The summed E-state index contributed by atoms with van der Waals surface area (Å²) in [4.78, 5) is 16.2. The summed E-state index contributed by atoms with van der Waals surface area (Å²) in [5, 5.41) is 0.0164. The maximum atomic E-state index is 13.7. The van der Waals surface area contributed by atoms with Gasteiger partial charge >= 0.3 is 0 Å². The zero-order chi connectivity index (χ0) is 15.0. The Morgan fingerprint density at radius 2 is 2.10 bits per heavy atom. The number of carbonyl (C=O) groups excluding carboxylic acids is 1. The molecule has 1 heterocycles. The number of hydrogen-bond donors (Lipinski definition) is 2. The summed E-state index contributed by atoms with van der Waals surface area (Å²) in [5.74, 6) is -2.58. The van der Waals surface area contributed by atoms with E-state index in [-0.39, 0.29) is 28.2 Å². The number of halogens is 3. The third-order valence-corrected chi connectivity index (χ3v) is 3.58. The van der Waals surface area contributed by atoms with Crippen molar-refractivity contribution in [1.29, 1.82) is 0 Å². The summed E-state index contributed by atoms with van der Waals surface area (Å²) in [6, 6.07) is 2.54. The second-order valence-electron chi connectivity index (χ2n) is 4.63. The molecule has 0 aliphatic heterocycles. The quantitative estimate of drug-likeness (QED) is 0.856. The number of amides is 1. The van der Waals surface area contributed by atoms with Gasteiger partial charge in [-0.05, 0) is 19.1 Å². The highest BCUT2D eigenvalue weighted by Crippen LogP contribution is 2.27. The highest BCUT2D eigenvalue weighted by Gasteiger charge is 2.21. The van der Waals surface area contributed by atoms with Gasteiger partial charge in [0.05, 0.1) is 10.5 Å². The number of hydrogen-bond acceptors (Lipinski definition) is 2. The number of H-pyrrole nitrogens is 1. The summed E-state index contributed by atoms with van der Waals surface area (Å²) in [6.45, 7) is 2.09. The summed E-state index contributed by atoms with van der Waals surface area (Å²) in [6.07, 6.45) is 0. The Kier molecular flexibility index (Phi) is 3.96. The van der Waals surface area contributed by atoms with Gasteiger partial charge in [0.1, 0.15) is 5.69 Å². The van der Waals surface area contributed by atoms with Gasteiger partial charge in [-0.3, -0.25) is 4.79 Å². The van der Waals surface area contributed by atoms with Crippen LogP contribution in [0.3, 0.4) is 0 Å². The molecule has 20 heavy (non-hydrogen) atoms. The number of carbonyl (C=O) groups is 1. The van der Waals surface area contributed by atoms with E-state index in [0.717, 1.165) is 0 Å². The highest BCUT2D eigenvalue weighted by atomic mass is 35.5. The lowest BCUT2D eigenvalue weighted by Gasteiger charge is -2.22. The minimum absolute atomic E-state index is 0.0796. The lowest BCUT2D eigenvalue weighted by Crippen LogP contribution is -2.39. The Bertz CT molecular complexity index is 671. The summed E-state index contributed by atoms with van der Waals surface area (Å²) in [5.41, 5.74) is 5.57. The van der Waals surface area contributed by atoms with Crippen molar-refractivity contribution >= 4 is 28.4 Å². The first-order valence-electron chi connectivity index (χ1n) is 6.00. The number of nitrogens with zero attached hydrogens (tertiary/aromatic N) is 1. The van der Waals surface area contributed by atoms with Crippen molar-refractivity contribution in [2.24, 2.45) is 5.73 Å². The molecule has 0 spiro atoms. The van der Waals surface area contributed by atoms with Crippen LogP contribution in [-0.4, -0.2) is 35.4 Å². The number of rotatable bonds is 3. The van der Waals surface area contributed by atoms with Crippen molar-refractivity contribution in [3.05, 3.63) is 34.5 Å². The third-order valence-electron chi connectivity index (χ3n) is 3.31. The fourth-order valence-corrected chi connectivity index (χ4v) is 2.04. The summed E-state index contributed by atoms with van der Waals surface area (Å²) < 4.78 is 27.1. The summed E-state index contributed by atoms with van der Waals surface area (Å²) in [7, 11) is 1.59. The Hall–Kier alpha value is -1.66. The number of aromatic amines is 1. The monoisotopic (exact) mass is 301 g/mol. The lowest BCUT2D eigenvalue weighted by molar-refractivity contribution is 0.0743. The van der Waals surface area contributed by atoms with Crippen LogP contribution in [0.15, 0.2) is 12.1 Å². The molecule has 0 aliphatic rings. The van der Waals surface area contributed by atoms with Crippen molar-refractivity contribution in [3.63, 3.8) is 0 Å². The zero-order valence-electron chi connectivity index (χ0n) is 11.0. The molecule has 2 rings (SSSR count). The fourth-order valence-electron chi connectivity index (χ4n) is 1.84. The average molecular weight is 302 g/mol. The average Bonchev–Trinajstić information content (AvgIpc) is 2.86. The van der Waals surface area contributed by atoms with Crippen LogP contribution in [0.25, 0.3) is 10.9 Å². The van der Waals surface area contributed by atoms with E-state index in [1.807, 2.05) is 0 Å². The van der Waals surface area contributed by atoms with Gasteiger partial charge in [0.25, 0.3) is 5.91 Å². The largest absolute Gasteiger partial charge is 0.348 e. The van der Waals surface area contributed by atoms with Crippen molar-refractivity contribution in [3.8, 4) is 0 Å². The van der Waals surface area contributed by atoms with Crippen LogP contribution in [0, 0.1) is 11.6 Å². The highest BCUT2D eigenvalue weighted by molar-refractivity contribution is 6.31. The zero-order valence-corrected chi connectivity index (χ0v) is 11.8. The van der Waals surface area contributed by atoms with Gasteiger partial charge in [0.2, 0.25) is 0 Å². The molecule has 0 aliphatic carbocycles. The van der Waals surface area contributed by atoms with E-state index in [2.05, 4.69) is 4.98 Å². The Morgan fingerprint density at radius 3 is 2.70 bits per heavy atom. The van der Waals surface area contributed by atoms with E-state index in [1.54, 1.807) is 14.0 Å². The van der Waals surface area contributed by atoms with Crippen LogP contribution in [0.1, 0.15) is 17.4 Å². The van der Waals surface area contributed by atoms with E-state index >= 15 is 0 Å². The number of fused-ring (bicyclic) bond motifs is 1. The first-order valence-corrected chi connectivity index (χ1v) is 6.38. The second kappa shape index (κ2) is 5.38. The fraction of sp³-hybridized carbons (Fsp3) is 0.308. The lowest BCUT2D eigenvalue weighted by atomic mass is 10.2. The van der Waals surface area contributed by atoms with Gasteiger partial charge in [0, 0.05) is 25.0 Å². The predicted molar refractivity (Wildman–Crippen MR) is 73.8 cm³/mol. The molecule has 1 unspecified atom stereocenters. The van der Waals surface area contributed by atoms with Gasteiger partial charge in [-0.1, -0.05) is 11.6 Å². The molecule has 4 nitrogen and oxygen atoms in total. The molecule has 108 valence electrons. The van der Waals surface area contributed by atoms with Gasteiger partial charge in [-0.15, -0.1) is 0 Å². The van der Waals surface area contributed by atoms with Gasteiger partial charge in [-0.25, -0.2) is 8.78 Å². The SMILES string of the molecule is CC(CN)N(C)C(=O)c1cc2cc(Cl)c(F)c(F)c2[nH]1. The number of nitrogens with one attached hydrogen (secondary N) is 1. The predicted octanol–water partition coefficient (Wildman–Crippen LogP) is 2.52. The van der Waals surface area contributed by atoms with Gasteiger partial charge < -0.3 is 15.6 Å². The maximum absolute atomic E-state index is 13.7. The van der Waals surface area contributed by atoms with Crippen LogP contribution in [-0.2, 0) is 0 Å². The summed E-state index contributed by atoms with van der Waals surface area (Å²) >= 11 is 5.58. The van der Waals surface area contributed by atoms with Crippen LogP contribution < -0.4 is 5.73 Å². The van der Waals surface area contributed by atoms with E-state index < -0.39 is 11.6 Å². The molecule has 1 amide bonds. The molecular weight excluding hydrogens is 288 g/mol. The molecule has 7 heteroatoms. The molecule has 0 fully saturated rings. The minimum Gasteiger partial charge on any atom is -0.348 e. The Balaban J connectivity index is 2.47. The number of nitrogens with two attached hydrogens (primary N) is 1. The van der Waals surface area contributed by atoms with Gasteiger partial charge in [0.15, 0.2) is 11.6 Å². The molecular formula is C13H14ClF2N3O. The Labute approximate surface area is 119 Å². The van der Waals surface area contributed by atoms with Gasteiger partial charge in [-0.2, -0.15) is 0 Å². The molecule has 0 saturated heterocycles. The maximum Gasteiger partial charge on any atom is 0.270 e. The number of likely N-dealkylation sites (N-methyl/N-ethyl adjacent to an activating group) is 1. The van der Waals surface area contributed by atoms with Crippen LogP contribution >= 0.6 is 11.6 Å². The molecule has 2 aromatic rings. The topological polar surface area (TPSA) is 62.1 Å². The molecule has 0 radical (unpaired) electrons. The standard InChI is InChI=1S/C13H14ClF2N3O/c1-6(5-17)19(2)13(20)9-4-7-3-8(14)10(15)11(16)12(7)18-9/h3-4,6,18H,5,17H2,1-2H3. The van der Waals surface area contributed by atoms with Crippen molar-refractivity contribution < 1.29 is 13.6 Å². The second-order valence-corrected chi connectivity index (χ2v) is 5.04. The molecule has 1 aromatic heterocycles. The van der Waals surface area contributed by atoms with E-state index in [0.29, 0.717) is 11.9 Å². The van der Waals surface area contributed by atoms with E-state index in [1.165, 1.54) is 17.0 Å². The molecule has 1 atom stereocenters. The van der Waals surface area contributed by atoms with Crippen LogP contribution in [0.4, 0.5) is 8.78 Å². The first kappa shape index (κ1) is 14.7. The van der Waals surface area contributed by atoms with Crippen LogP contribution in [0.5, 0.6) is 0 Å². The normalized spacial score (nSPS) is 12.7. The molecule has 0 saturated carbocycles. The van der Waals surface area contributed by atoms with E-state index in [4.69, 9.17) is 17.3 Å². The first-order chi connectivity index (χ1) is 9.36. The van der Waals surface area contributed by atoms with Crippen molar-refractivity contribution in [2.75, 3.05) is 13.6 Å². The van der Waals surface area contributed by atoms with Crippen molar-refractivity contribution in [1.82, 2.24) is 9.88 Å². The number of benzene rings is 1. The smallest absolute Gasteiger partial charge is 0.270 e. The molecule has 1 aromatic carbocycles. The van der Waals surface area contributed by atoms with E-state index in [9.17, 15) is 13.6 Å². The minimum atomic E-state index is -1.14. The third kappa shape index (κ3) is 2.36. The number of aromatic nitrogens is 1.